The summed E-state index contributed by atoms with van der Waals surface area (Å²) in [4.78, 5) is 13.7. The second kappa shape index (κ2) is 6.24. The quantitative estimate of drug-likeness (QED) is 0.750. The summed E-state index contributed by atoms with van der Waals surface area (Å²) in [6, 6.07) is 0.00981. The monoisotopic (exact) mass is 226 g/mol. The first-order valence-electron chi connectivity index (χ1n) is 6.45. The fraction of sp³-hybridized carbons (Fsp3) is 0.923. The zero-order valence-electron chi connectivity index (χ0n) is 11.1. The van der Waals surface area contributed by atoms with E-state index < -0.39 is 0 Å². The maximum atomic E-state index is 12.0. The highest BCUT2D eigenvalue weighted by Crippen LogP contribution is 2.25. The minimum absolute atomic E-state index is 0.00981. The van der Waals surface area contributed by atoms with Crippen LogP contribution < -0.4 is 5.32 Å². The Morgan fingerprint density at radius 1 is 1.38 bits per heavy atom. The Hall–Kier alpha value is -0.570. The molecule has 94 valence electrons. The van der Waals surface area contributed by atoms with Gasteiger partial charge in [-0.15, -0.1) is 0 Å². The largest absolute Gasteiger partial charge is 0.347 e. The highest BCUT2D eigenvalue weighted by molar-refractivity contribution is 5.81. The smallest absolute Gasteiger partial charge is 0.239 e. The molecular formula is C13H26N2O. The predicted molar refractivity (Wildman–Crippen MR) is 67.3 cm³/mol. The van der Waals surface area contributed by atoms with Crippen molar-refractivity contribution in [3.8, 4) is 0 Å². The van der Waals surface area contributed by atoms with Crippen molar-refractivity contribution in [1.29, 1.82) is 0 Å². The molecule has 3 nitrogen and oxygen atoms in total. The lowest BCUT2D eigenvalue weighted by Gasteiger charge is -2.29. The second-order valence-electron chi connectivity index (χ2n) is 5.62. The van der Waals surface area contributed by atoms with E-state index in [4.69, 9.17) is 0 Å². The van der Waals surface area contributed by atoms with Crippen LogP contribution in [0.1, 0.15) is 39.5 Å². The molecule has 0 aromatic rings. The molecule has 1 amide bonds. The van der Waals surface area contributed by atoms with Gasteiger partial charge in [0.1, 0.15) is 0 Å². The molecule has 1 aliphatic rings. The second-order valence-corrected chi connectivity index (χ2v) is 5.62. The van der Waals surface area contributed by atoms with E-state index >= 15 is 0 Å². The number of rotatable bonds is 6. The first-order valence-corrected chi connectivity index (χ1v) is 6.45. The minimum atomic E-state index is 0.00981. The molecule has 0 bridgehead atoms. The van der Waals surface area contributed by atoms with Gasteiger partial charge in [-0.25, -0.2) is 0 Å². The number of nitrogens with one attached hydrogen (secondary N) is 1. The van der Waals surface area contributed by atoms with Crippen molar-refractivity contribution in [2.45, 2.75) is 45.6 Å². The summed E-state index contributed by atoms with van der Waals surface area (Å²) >= 11 is 0. The van der Waals surface area contributed by atoms with Crippen molar-refractivity contribution >= 4 is 5.91 Å². The van der Waals surface area contributed by atoms with Gasteiger partial charge < -0.3 is 10.2 Å². The van der Waals surface area contributed by atoms with Crippen molar-refractivity contribution in [2.24, 2.45) is 11.8 Å². The summed E-state index contributed by atoms with van der Waals surface area (Å²) in [5, 5.41) is 3.44. The van der Waals surface area contributed by atoms with Gasteiger partial charge in [0.2, 0.25) is 5.91 Å². The third-order valence-corrected chi connectivity index (χ3v) is 3.32. The first kappa shape index (κ1) is 13.5. The van der Waals surface area contributed by atoms with Crippen molar-refractivity contribution in [3.05, 3.63) is 0 Å². The minimum Gasteiger partial charge on any atom is -0.347 e. The zero-order chi connectivity index (χ0) is 12.1. The molecule has 1 aliphatic carbocycles. The summed E-state index contributed by atoms with van der Waals surface area (Å²) in [5.41, 5.74) is 0. The van der Waals surface area contributed by atoms with Gasteiger partial charge in [-0.05, 0) is 37.6 Å². The lowest BCUT2D eigenvalue weighted by Crippen LogP contribution is -2.46. The van der Waals surface area contributed by atoms with Crippen LogP contribution in [0.25, 0.3) is 0 Å². The molecule has 0 saturated heterocycles. The molecule has 3 heteroatoms. The summed E-state index contributed by atoms with van der Waals surface area (Å²) in [6.07, 6.45) is 4.96. The molecule has 0 aliphatic heterocycles. The Morgan fingerprint density at radius 2 is 2.00 bits per heavy atom. The number of likely N-dealkylation sites (N-methyl/N-ethyl adjacent to an activating group) is 1. The van der Waals surface area contributed by atoms with Gasteiger partial charge in [0.25, 0.3) is 0 Å². The fourth-order valence-corrected chi connectivity index (χ4v) is 2.06. The van der Waals surface area contributed by atoms with Crippen LogP contribution in [0.3, 0.4) is 0 Å². The molecular weight excluding hydrogens is 200 g/mol. The standard InChI is InChI=1S/C13H26N2O/c1-10(2)8-12(13(16)15(3)4)14-9-11-6-5-7-11/h10-12,14H,5-9H2,1-4H3. The maximum absolute atomic E-state index is 12.0. The van der Waals surface area contributed by atoms with E-state index in [1.807, 2.05) is 14.1 Å². The highest BCUT2D eigenvalue weighted by Gasteiger charge is 2.24. The van der Waals surface area contributed by atoms with Gasteiger partial charge in [0.05, 0.1) is 6.04 Å². The van der Waals surface area contributed by atoms with Crippen molar-refractivity contribution in [3.63, 3.8) is 0 Å². The molecule has 0 aromatic carbocycles. The molecule has 1 rings (SSSR count). The van der Waals surface area contributed by atoms with E-state index in [0.717, 1.165) is 18.9 Å². The van der Waals surface area contributed by atoms with Crippen molar-refractivity contribution in [1.82, 2.24) is 10.2 Å². The predicted octanol–water partition coefficient (Wildman–Crippen LogP) is 1.88. The maximum Gasteiger partial charge on any atom is 0.239 e. The van der Waals surface area contributed by atoms with Gasteiger partial charge >= 0.3 is 0 Å². The molecule has 1 unspecified atom stereocenters. The lowest BCUT2D eigenvalue weighted by atomic mass is 9.85. The van der Waals surface area contributed by atoms with Gasteiger partial charge in [-0.3, -0.25) is 4.79 Å². The van der Waals surface area contributed by atoms with Crippen LogP contribution in [0.4, 0.5) is 0 Å². The highest BCUT2D eigenvalue weighted by atomic mass is 16.2. The van der Waals surface area contributed by atoms with E-state index in [1.54, 1.807) is 4.90 Å². The molecule has 1 fully saturated rings. The van der Waals surface area contributed by atoms with Crippen LogP contribution in [0, 0.1) is 11.8 Å². The van der Waals surface area contributed by atoms with E-state index in [9.17, 15) is 4.79 Å². The van der Waals surface area contributed by atoms with E-state index in [-0.39, 0.29) is 11.9 Å². The van der Waals surface area contributed by atoms with Gasteiger partial charge in [0.15, 0.2) is 0 Å². The Morgan fingerprint density at radius 3 is 2.38 bits per heavy atom. The summed E-state index contributed by atoms with van der Waals surface area (Å²) in [6.45, 7) is 5.35. The molecule has 0 heterocycles. The average molecular weight is 226 g/mol. The number of hydrogen-bond acceptors (Lipinski definition) is 2. The van der Waals surface area contributed by atoms with Gasteiger partial charge in [0, 0.05) is 14.1 Å². The number of carbonyl (C=O) groups excluding carboxylic acids is 1. The topological polar surface area (TPSA) is 32.3 Å². The van der Waals surface area contributed by atoms with Crippen LogP contribution in [0.5, 0.6) is 0 Å². The van der Waals surface area contributed by atoms with E-state index in [1.165, 1.54) is 19.3 Å². The van der Waals surface area contributed by atoms with Crippen LogP contribution in [0.15, 0.2) is 0 Å². The first-order chi connectivity index (χ1) is 7.50. The van der Waals surface area contributed by atoms with Gasteiger partial charge in [-0.1, -0.05) is 20.3 Å². The van der Waals surface area contributed by atoms with Crippen LogP contribution in [-0.2, 0) is 4.79 Å². The molecule has 0 radical (unpaired) electrons. The summed E-state index contributed by atoms with van der Waals surface area (Å²) < 4.78 is 0. The molecule has 1 saturated carbocycles. The molecule has 1 N–H and O–H groups in total. The van der Waals surface area contributed by atoms with Crippen LogP contribution >= 0.6 is 0 Å². The Labute approximate surface area is 99.6 Å². The van der Waals surface area contributed by atoms with E-state index in [2.05, 4.69) is 19.2 Å². The molecule has 1 atom stereocenters. The Bertz CT molecular complexity index is 222. The lowest BCUT2D eigenvalue weighted by molar-refractivity contribution is -0.131. The van der Waals surface area contributed by atoms with Gasteiger partial charge in [-0.2, -0.15) is 0 Å². The number of hydrogen-bond donors (Lipinski definition) is 1. The normalized spacial score (nSPS) is 18.3. The number of carbonyl (C=O) groups is 1. The molecule has 0 spiro atoms. The number of amides is 1. The van der Waals surface area contributed by atoms with Crippen LogP contribution in [-0.4, -0.2) is 37.5 Å². The molecule has 16 heavy (non-hydrogen) atoms. The van der Waals surface area contributed by atoms with Crippen LogP contribution in [0.2, 0.25) is 0 Å². The molecule has 0 aromatic heterocycles. The fourth-order valence-electron chi connectivity index (χ4n) is 2.06. The Balaban J connectivity index is 2.38. The Kier molecular flexibility index (Phi) is 5.26. The van der Waals surface area contributed by atoms with Crippen molar-refractivity contribution in [2.75, 3.05) is 20.6 Å². The third-order valence-electron chi connectivity index (χ3n) is 3.32. The zero-order valence-corrected chi connectivity index (χ0v) is 11.1. The summed E-state index contributed by atoms with van der Waals surface area (Å²) in [5.74, 6) is 1.58. The number of nitrogens with zero attached hydrogens (tertiary/aromatic N) is 1. The average Bonchev–Trinajstić information content (AvgIpc) is 2.11. The van der Waals surface area contributed by atoms with E-state index in [0.29, 0.717) is 5.92 Å². The summed E-state index contributed by atoms with van der Waals surface area (Å²) in [7, 11) is 3.67. The van der Waals surface area contributed by atoms with Crippen molar-refractivity contribution < 1.29 is 4.79 Å². The third kappa shape index (κ3) is 4.12. The SMILES string of the molecule is CC(C)CC(NCC1CCC1)C(=O)N(C)C.